The summed E-state index contributed by atoms with van der Waals surface area (Å²) in [5, 5.41) is 2.74. The molecule has 1 N–H and O–H groups in total. The Bertz CT molecular complexity index is 915. The van der Waals surface area contributed by atoms with E-state index in [9.17, 15) is 4.79 Å². The van der Waals surface area contributed by atoms with Crippen LogP contribution in [0.25, 0.3) is 0 Å². The molecule has 0 fully saturated rings. The highest BCUT2D eigenvalue weighted by atomic mass is 32.2. The highest BCUT2D eigenvalue weighted by molar-refractivity contribution is 8.00. The van der Waals surface area contributed by atoms with Crippen molar-refractivity contribution in [2.45, 2.75) is 16.7 Å². The number of hydrogen-bond acceptors (Lipinski definition) is 4. The lowest BCUT2D eigenvalue weighted by molar-refractivity contribution is -0.120. The summed E-state index contributed by atoms with van der Waals surface area (Å²) < 4.78 is 10.7. The van der Waals surface area contributed by atoms with Gasteiger partial charge in [-0.05, 0) is 35.4 Å². The second kappa shape index (κ2) is 8.18. The summed E-state index contributed by atoms with van der Waals surface area (Å²) in [7, 11) is 0. The molecule has 1 aliphatic rings. The van der Waals surface area contributed by atoms with Crippen LogP contribution in [0.5, 0.6) is 11.5 Å². The maximum Gasteiger partial charge on any atom is 0.238 e. The van der Waals surface area contributed by atoms with Gasteiger partial charge in [0.2, 0.25) is 12.7 Å². The predicted molar refractivity (Wildman–Crippen MR) is 106 cm³/mol. The molecule has 0 aliphatic carbocycles. The molecule has 136 valence electrons. The zero-order valence-electron chi connectivity index (χ0n) is 14.6. The molecule has 1 heterocycles. The molecule has 0 saturated carbocycles. The van der Waals surface area contributed by atoms with Gasteiger partial charge in [0.15, 0.2) is 11.5 Å². The number of amides is 1. The average Bonchev–Trinajstić information content (AvgIpc) is 3.19. The summed E-state index contributed by atoms with van der Waals surface area (Å²) in [5.41, 5.74) is 1.96. The lowest BCUT2D eigenvalue weighted by Gasteiger charge is -2.17. The van der Waals surface area contributed by atoms with Gasteiger partial charge in [-0.3, -0.25) is 4.79 Å². The van der Waals surface area contributed by atoms with E-state index in [0.717, 1.165) is 27.5 Å². The van der Waals surface area contributed by atoms with Crippen LogP contribution in [-0.4, -0.2) is 12.7 Å². The molecule has 0 saturated heterocycles. The SMILES string of the molecule is O=C(NCc1ccc2c(c1)OCO2)C(Sc1ccccc1)c1ccccc1. The highest BCUT2D eigenvalue weighted by Gasteiger charge is 2.22. The van der Waals surface area contributed by atoms with Crippen LogP contribution in [0.4, 0.5) is 0 Å². The second-order valence-corrected chi connectivity index (χ2v) is 7.31. The molecule has 1 amide bonds. The molecular formula is C22H19NO3S. The van der Waals surface area contributed by atoms with E-state index >= 15 is 0 Å². The summed E-state index contributed by atoms with van der Waals surface area (Å²) in [4.78, 5) is 14.0. The monoisotopic (exact) mass is 377 g/mol. The molecular weight excluding hydrogens is 358 g/mol. The van der Waals surface area contributed by atoms with Crippen molar-refractivity contribution in [2.75, 3.05) is 6.79 Å². The van der Waals surface area contributed by atoms with Crippen molar-refractivity contribution in [3.8, 4) is 11.5 Å². The number of hydrogen-bond donors (Lipinski definition) is 1. The molecule has 0 radical (unpaired) electrons. The minimum Gasteiger partial charge on any atom is -0.454 e. The third-order valence-corrected chi connectivity index (χ3v) is 5.51. The van der Waals surface area contributed by atoms with E-state index in [0.29, 0.717) is 6.54 Å². The van der Waals surface area contributed by atoms with Crippen LogP contribution >= 0.6 is 11.8 Å². The summed E-state index contributed by atoms with van der Waals surface area (Å²) in [5.74, 6) is 1.44. The van der Waals surface area contributed by atoms with Gasteiger partial charge in [0.05, 0.1) is 0 Å². The van der Waals surface area contributed by atoms with Crippen molar-refractivity contribution in [1.29, 1.82) is 0 Å². The first-order valence-corrected chi connectivity index (χ1v) is 9.60. The summed E-state index contributed by atoms with van der Waals surface area (Å²) in [6, 6.07) is 25.5. The molecule has 0 bridgehead atoms. The van der Waals surface area contributed by atoms with Crippen LogP contribution in [0.2, 0.25) is 0 Å². The number of thioether (sulfide) groups is 1. The largest absolute Gasteiger partial charge is 0.454 e. The number of carbonyl (C=O) groups is 1. The van der Waals surface area contributed by atoms with E-state index in [-0.39, 0.29) is 18.0 Å². The molecule has 3 aromatic carbocycles. The normalized spacial score (nSPS) is 13.2. The van der Waals surface area contributed by atoms with Crippen LogP contribution in [0, 0.1) is 0 Å². The Balaban J connectivity index is 1.48. The van der Waals surface area contributed by atoms with Gasteiger partial charge in [0.1, 0.15) is 5.25 Å². The fourth-order valence-electron chi connectivity index (χ4n) is 2.87. The number of fused-ring (bicyclic) bond motifs is 1. The van der Waals surface area contributed by atoms with E-state index in [4.69, 9.17) is 9.47 Å². The van der Waals surface area contributed by atoms with Crippen LogP contribution in [0.15, 0.2) is 83.8 Å². The number of ether oxygens (including phenoxy) is 2. The van der Waals surface area contributed by atoms with Crippen LogP contribution < -0.4 is 14.8 Å². The topological polar surface area (TPSA) is 47.6 Å². The molecule has 4 nitrogen and oxygen atoms in total. The fourth-order valence-corrected chi connectivity index (χ4v) is 3.94. The van der Waals surface area contributed by atoms with E-state index < -0.39 is 0 Å². The Morgan fingerprint density at radius 2 is 1.63 bits per heavy atom. The first-order chi connectivity index (χ1) is 13.3. The Labute approximate surface area is 162 Å². The summed E-state index contributed by atoms with van der Waals surface area (Å²) >= 11 is 1.55. The van der Waals surface area contributed by atoms with Crippen molar-refractivity contribution >= 4 is 17.7 Å². The maximum absolute atomic E-state index is 13.0. The fraction of sp³-hybridized carbons (Fsp3) is 0.136. The predicted octanol–water partition coefficient (Wildman–Crippen LogP) is 4.57. The van der Waals surface area contributed by atoms with E-state index in [2.05, 4.69) is 5.32 Å². The Kier molecular flexibility index (Phi) is 5.30. The Hall–Kier alpha value is -2.92. The minimum atomic E-state index is -0.317. The molecule has 0 spiro atoms. The zero-order valence-corrected chi connectivity index (χ0v) is 15.4. The lowest BCUT2D eigenvalue weighted by atomic mass is 10.1. The molecule has 3 aromatic rings. The smallest absolute Gasteiger partial charge is 0.238 e. The standard InChI is InChI=1S/C22H19NO3S/c24-22(23-14-16-11-12-19-20(13-16)26-15-25-19)21(17-7-3-1-4-8-17)27-18-9-5-2-6-10-18/h1-13,21H,14-15H2,(H,23,24). The van der Waals surface area contributed by atoms with E-state index in [1.807, 2.05) is 78.9 Å². The molecule has 1 aliphatic heterocycles. The van der Waals surface area contributed by atoms with Crippen LogP contribution in [0.3, 0.4) is 0 Å². The van der Waals surface area contributed by atoms with Gasteiger partial charge < -0.3 is 14.8 Å². The van der Waals surface area contributed by atoms with Gasteiger partial charge in [-0.15, -0.1) is 11.8 Å². The van der Waals surface area contributed by atoms with Crippen molar-refractivity contribution in [3.63, 3.8) is 0 Å². The third kappa shape index (κ3) is 4.26. The number of benzene rings is 3. The summed E-state index contributed by atoms with van der Waals surface area (Å²) in [6.45, 7) is 0.684. The Morgan fingerprint density at radius 1 is 0.926 bits per heavy atom. The van der Waals surface area contributed by atoms with Gasteiger partial charge in [0.25, 0.3) is 0 Å². The van der Waals surface area contributed by atoms with E-state index in [1.165, 1.54) is 0 Å². The number of nitrogens with one attached hydrogen (secondary N) is 1. The van der Waals surface area contributed by atoms with Crippen LogP contribution in [0.1, 0.15) is 16.4 Å². The van der Waals surface area contributed by atoms with Gasteiger partial charge in [0, 0.05) is 11.4 Å². The van der Waals surface area contributed by atoms with E-state index in [1.54, 1.807) is 11.8 Å². The third-order valence-electron chi connectivity index (χ3n) is 4.24. The highest BCUT2D eigenvalue weighted by Crippen LogP contribution is 2.36. The minimum absolute atomic E-state index is 0.0206. The molecule has 1 atom stereocenters. The van der Waals surface area contributed by atoms with Crippen LogP contribution in [-0.2, 0) is 11.3 Å². The average molecular weight is 377 g/mol. The quantitative estimate of drug-likeness (QED) is 0.640. The Morgan fingerprint density at radius 3 is 2.41 bits per heavy atom. The molecule has 4 rings (SSSR count). The van der Waals surface area contributed by atoms with Gasteiger partial charge in [-0.1, -0.05) is 54.6 Å². The second-order valence-electron chi connectivity index (χ2n) is 6.13. The molecule has 1 unspecified atom stereocenters. The van der Waals surface area contributed by atoms with Crippen molar-refractivity contribution < 1.29 is 14.3 Å². The summed E-state index contributed by atoms with van der Waals surface area (Å²) in [6.07, 6.45) is 0. The van der Waals surface area contributed by atoms with Gasteiger partial charge in [-0.25, -0.2) is 0 Å². The van der Waals surface area contributed by atoms with Crippen molar-refractivity contribution in [1.82, 2.24) is 5.32 Å². The number of carbonyl (C=O) groups excluding carboxylic acids is 1. The van der Waals surface area contributed by atoms with Gasteiger partial charge in [-0.2, -0.15) is 0 Å². The zero-order chi connectivity index (χ0) is 18.5. The molecule has 5 heteroatoms. The molecule has 27 heavy (non-hydrogen) atoms. The maximum atomic E-state index is 13.0. The first-order valence-electron chi connectivity index (χ1n) is 8.72. The van der Waals surface area contributed by atoms with Gasteiger partial charge >= 0.3 is 0 Å². The number of rotatable bonds is 6. The first kappa shape index (κ1) is 17.5. The van der Waals surface area contributed by atoms with Crippen molar-refractivity contribution in [3.05, 3.63) is 90.0 Å². The molecule has 0 aromatic heterocycles. The lowest BCUT2D eigenvalue weighted by Crippen LogP contribution is -2.27. The van der Waals surface area contributed by atoms with Crippen molar-refractivity contribution in [2.24, 2.45) is 0 Å².